The Hall–Kier alpha value is -1.35. The van der Waals surface area contributed by atoms with Crippen molar-refractivity contribution >= 4 is 5.71 Å². The number of hydrogen-bond acceptors (Lipinski definition) is 3. The Morgan fingerprint density at radius 1 is 1.16 bits per heavy atom. The van der Waals surface area contributed by atoms with E-state index in [1.165, 1.54) is 30.4 Å². The lowest BCUT2D eigenvalue weighted by Crippen LogP contribution is -2.47. The summed E-state index contributed by atoms with van der Waals surface area (Å²) in [6.07, 6.45) is 4.91. The van der Waals surface area contributed by atoms with E-state index in [4.69, 9.17) is 0 Å². The molecule has 3 unspecified atom stereocenters. The van der Waals surface area contributed by atoms with Crippen LogP contribution in [0.4, 0.5) is 0 Å². The van der Waals surface area contributed by atoms with E-state index in [2.05, 4.69) is 34.3 Å². The minimum Gasteiger partial charge on any atom is -0.411 e. The molecule has 19 heavy (non-hydrogen) atoms. The molecule has 4 rings (SSSR count). The molecule has 3 heteroatoms. The lowest BCUT2D eigenvalue weighted by molar-refractivity contribution is 0.175. The fraction of sp³-hybridized carbons (Fsp3) is 0.562. The summed E-state index contributed by atoms with van der Waals surface area (Å²) in [5.41, 5.74) is 4.01. The smallest absolute Gasteiger partial charge is 0.0775 e. The maximum atomic E-state index is 9.35. The van der Waals surface area contributed by atoms with Gasteiger partial charge in [-0.15, -0.1) is 0 Å². The van der Waals surface area contributed by atoms with Crippen molar-refractivity contribution in [3.05, 3.63) is 35.4 Å². The van der Waals surface area contributed by atoms with Crippen molar-refractivity contribution in [1.82, 2.24) is 4.90 Å². The SMILES string of the molecule is O/N=C1\C2CCC(C2)C1N1CCc2ccccc2C1. The first-order valence-corrected chi connectivity index (χ1v) is 7.39. The molecule has 0 amide bonds. The molecule has 1 aromatic carbocycles. The third kappa shape index (κ3) is 1.71. The monoisotopic (exact) mass is 256 g/mol. The van der Waals surface area contributed by atoms with Gasteiger partial charge >= 0.3 is 0 Å². The van der Waals surface area contributed by atoms with Crippen molar-refractivity contribution in [2.75, 3.05) is 6.54 Å². The van der Waals surface area contributed by atoms with Gasteiger partial charge in [0.1, 0.15) is 0 Å². The van der Waals surface area contributed by atoms with Crippen LogP contribution in [-0.4, -0.2) is 28.4 Å². The molecule has 2 fully saturated rings. The minimum atomic E-state index is 0.400. The Kier molecular flexibility index (Phi) is 2.62. The highest BCUT2D eigenvalue weighted by molar-refractivity contribution is 5.94. The summed E-state index contributed by atoms with van der Waals surface area (Å²) in [5, 5.41) is 13.0. The van der Waals surface area contributed by atoms with Crippen molar-refractivity contribution in [2.24, 2.45) is 17.0 Å². The third-order valence-corrected chi connectivity index (χ3v) is 5.31. The van der Waals surface area contributed by atoms with Gasteiger partial charge in [0.05, 0.1) is 11.8 Å². The van der Waals surface area contributed by atoms with E-state index >= 15 is 0 Å². The molecule has 0 aromatic heterocycles. The first-order valence-electron chi connectivity index (χ1n) is 7.39. The summed E-state index contributed by atoms with van der Waals surface area (Å²) in [7, 11) is 0. The van der Waals surface area contributed by atoms with Gasteiger partial charge in [-0.25, -0.2) is 0 Å². The topological polar surface area (TPSA) is 35.8 Å². The van der Waals surface area contributed by atoms with E-state index in [-0.39, 0.29) is 0 Å². The number of oxime groups is 1. The number of fused-ring (bicyclic) bond motifs is 3. The number of rotatable bonds is 1. The first-order chi connectivity index (χ1) is 9.36. The van der Waals surface area contributed by atoms with E-state index in [1.54, 1.807) is 0 Å². The molecule has 3 aliphatic rings. The Bertz CT molecular complexity index is 525. The Labute approximate surface area is 113 Å². The van der Waals surface area contributed by atoms with E-state index in [0.717, 1.165) is 31.1 Å². The molecular weight excluding hydrogens is 236 g/mol. The summed E-state index contributed by atoms with van der Waals surface area (Å²) in [6.45, 7) is 2.12. The molecule has 1 aliphatic heterocycles. The Balaban J connectivity index is 1.61. The van der Waals surface area contributed by atoms with E-state index in [0.29, 0.717) is 12.0 Å². The molecule has 1 aromatic rings. The van der Waals surface area contributed by atoms with Crippen molar-refractivity contribution in [1.29, 1.82) is 0 Å². The summed E-state index contributed by atoms with van der Waals surface area (Å²) in [4.78, 5) is 2.54. The summed E-state index contributed by atoms with van der Waals surface area (Å²) >= 11 is 0. The van der Waals surface area contributed by atoms with Gasteiger partial charge in [-0.2, -0.15) is 0 Å². The van der Waals surface area contributed by atoms with Crippen LogP contribution in [0.25, 0.3) is 0 Å². The number of nitrogens with zero attached hydrogens (tertiary/aromatic N) is 2. The number of hydrogen-bond donors (Lipinski definition) is 1. The largest absolute Gasteiger partial charge is 0.411 e. The molecule has 0 radical (unpaired) electrons. The fourth-order valence-electron chi connectivity index (χ4n) is 4.44. The normalized spacial score (nSPS) is 35.8. The van der Waals surface area contributed by atoms with Crippen LogP contribution in [0.3, 0.4) is 0 Å². The summed E-state index contributed by atoms with van der Waals surface area (Å²) < 4.78 is 0. The van der Waals surface area contributed by atoms with Crippen molar-refractivity contribution < 1.29 is 5.21 Å². The second-order valence-corrected chi connectivity index (χ2v) is 6.23. The molecule has 2 bridgehead atoms. The lowest BCUT2D eigenvalue weighted by atomic mass is 9.89. The standard InChI is InChI=1S/C16H20N2O/c19-17-15-12-5-6-13(9-12)16(15)18-8-7-11-3-1-2-4-14(11)10-18/h1-4,12-13,16,19H,5-10H2/b17-15+. The van der Waals surface area contributed by atoms with Crippen LogP contribution in [-0.2, 0) is 13.0 Å². The molecule has 1 N–H and O–H groups in total. The number of benzene rings is 1. The predicted octanol–water partition coefficient (Wildman–Crippen LogP) is 2.67. The average Bonchev–Trinajstić information content (AvgIpc) is 3.07. The zero-order chi connectivity index (χ0) is 12.8. The van der Waals surface area contributed by atoms with E-state index in [9.17, 15) is 5.21 Å². The van der Waals surface area contributed by atoms with Gasteiger partial charge in [-0.1, -0.05) is 29.4 Å². The molecule has 3 nitrogen and oxygen atoms in total. The molecule has 0 spiro atoms. The van der Waals surface area contributed by atoms with Gasteiger partial charge in [-0.05, 0) is 42.7 Å². The summed E-state index contributed by atoms with van der Waals surface area (Å²) in [6, 6.07) is 9.15. The highest BCUT2D eigenvalue weighted by atomic mass is 16.4. The van der Waals surface area contributed by atoms with Crippen LogP contribution in [0.1, 0.15) is 30.4 Å². The molecule has 0 saturated heterocycles. The van der Waals surface area contributed by atoms with Crippen molar-refractivity contribution in [3.63, 3.8) is 0 Å². The van der Waals surface area contributed by atoms with Gasteiger partial charge in [0.25, 0.3) is 0 Å². The minimum absolute atomic E-state index is 0.400. The Morgan fingerprint density at radius 3 is 2.84 bits per heavy atom. The van der Waals surface area contributed by atoms with E-state index < -0.39 is 0 Å². The van der Waals surface area contributed by atoms with Gasteiger partial charge in [-0.3, -0.25) is 4.90 Å². The van der Waals surface area contributed by atoms with Crippen LogP contribution < -0.4 is 0 Å². The highest BCUT2D eigenvalue weighted by Gasteiger charge is 2.48. The van der Waals surface area contributed by atoms with Crippen LogP contribution in [0, 0.1) is 11.8 Å². The maximum absolute atomic E-state index is 9.35. The van der Waals surface area contributed by atoms with Gasteiger partial charge in [0.15, 0.2) is 0 Å². The molecular formula is C16H20N2O. The zero-order valence-electron chi connectivity index (χ0n) is 11.1. The molecule has 2 saturated carbocycles. The second-order valence-electron chi connectivity index (χ2n) is 6.23. The van der Waals surface area contributed by atoms with E-state index in [1.807, 2.05) is 0 Å². The van der Waals surface area contributed by atoms with Gasteiger partial charge < -0.3 is 5.21 Å². The third-order valence-electron chi connectivity index (χ3n) is 5.31. The van der Waals surface area contributed by atoms with Crippen LogP contribution in [0.2, 0.25) is 0 Å². The second kappa shape index (κ2) is 4.34. The first kappa shape index (κ1) is 11.5. The molecule has 3 atom stereocenters. The molecule has 100 valence electrons. The molecule has 1 heterocycles. The lowest BCUT2D eigenvalue weighted by Gasteiger charge is -2.38. The quantitative estimate of drug-likeness (QED) is 0.619. The van der Waals surface area contributed by atoms with Gasteiger partial charge in [0.2, 0.25) is 0 Å². The van der Waals surface area contributed by atoms with Crippen molar-refractivity contribution in [3.8, 4) is 0 Å². The summed E-state index contributed by atoms with van der Waals surface area (Å²) in [5.74, 6) is 1.28. The predicted molar refractivity (Wildman–Crippen MR) is 74.4 cm³/mol. The fourth-order valence-corrected chi connectivity index (χ4v) is 4.44. The highest BCUT2D eigenvalue weighted by Crippen LogP contribution is 2.45. The Morgan fingerprint density at radius 2 is 2.00 bits per heavy atom. The molecule has 2 aliphatic carbocycles. The van der Waals surface area contributed by atoms with Crippen LogP contribution >= 0.6 is 0 Å². The average molecular weight is 256 g/mol. The maximum Gasteiger partial charge on any atom is 0.0775 e. The van der Waals surface area contributed by atoms with Crippen LogP contribution in [0.15, 0.2) is 29.4 Å². The van der Waals surface area contributed by atoms with Crippen LogP contribution in [0.5, 0.6) is 0 Å². The van der Waals surface area contributed by atoms with Crippen molar-refractivity contribution in [2.45, 2.75) is 38.3 Å². The zero-order valence-corrected chi connectivity index (χ0v) is 11.1. The van der Waals surface area contributed by atoms with Gasteiger partial charge in [0, 0.05) is 19.0 Å².